The van der Waals surface area contributed by atoms with Gasteiger partial charge in [-0.25, -0.2) is 0 Å². The lowest BCUT2D eigenvalue weighted by Crippen LogP contribution is -2.11. The van der Waals surface area contributed by atoms with Gasteiger partial charge in [0.05, 0.1) is 5.69 Å². The standard InChI is InChI=1S/C17H11ClN4OS/c18-12-8-6-10(7-9-12)13-14-15(22-21-13)19-17(24-14)20-16(23)11-4-2-1-3-5-11/h1-9H,(H2,19,20,21,22,23). The van der Waals surface area contributed by atoms with E-state index in [0.717, 1.165) is 16.0 Å². The Bertz CT molecular complexity index is 1010. The molecular formula is C17H11ClN4OS. The average Bonchev–Trinajstić information content (AvgIpc) is 3.16. The average molecular weight is 355 g/mol. The van der Waals surface area contributed by atoms with Crippen molar-refractivity contribution in [3.63, 3.8) is 0 Å². The maximum Gasteiger partial charge on any atom is 0.257 e. The number of amides is 1. The molecule has 2 aromatic heterocycles. The van der Waals surface area contributed by atoms with Gasteiger partial charge in [0.25, 0.3) is 5.91 Å². The number of fused-ring (bicyclic) bond motifs is 1. The first kappa shape index (κ1) is 14.9. The maximum atomic E-state index is 12.2. The zero-order valence-corrected chi connectivity index (χ0v) is 13.9. The van der Waals surface area contributed by atoms with E-state index in [2.05, 4.69) is 20.5 Å². The molecular weight excluding hydrogens is 344 g/mol. The lowest BCUT2D eigenvalue weighted by Gasteiger charge is -2.00. The number of hydrogen-bond donors (Lipinski definition) is 2. The topological polar surface area (TPSA) is 70.7 Å². The number of nitrogens with zero attached hydrogens (tertiary/aromatic N) is 2. The van der Waals surface area contributed by atoms with Gasteiger partial charge in [0.1, 0.15) is 4.70 Å². The fourth-order valence-corrected chi connectivity index (χ4v) is 3.38. The van der Waals surface area contributed by atoms with Gasteiger partial charge in [-0.15, -0.1) is 0 Å². The smallest absolute Gasteiger partial charge is 0.257 e. The number of nitrogens with one attached hydrogen (secondary N) is 2. The number of hydrogen-bond acceptors (Lipinski definition) is 4. The van der Waals surface area contributed by atoms with E-state index in [1.54, 1.807) is 12.1 Å². The third kappa shape index (κ3) is 2.77. The number of carbonyl (C=O) groups excluding carboxylic acids is 1. The van der Waals surface area contributed by atoms with Gasteiger partial charge >= 0.3 is 0 Å². The number of aromatic amines is 1. The fraction of sp³-hybridized carbons (Fsp3) is 0. The lowest BCUT2D eigenvalue weighted by atomic mass is 10.1. The summed E-state index contributed by atoms with van der Waals surface area (Å²) in [6.07, 6.45) is 0. The predicted molar refractivity (Wildman–Crippen MR) is 96.6 cm³/mol. The lowest BCUT2D eigenvalue weighted by molar-refractivity contribution is 0.102. The van der Waals surface area contributed by atoms with Gasteiger partial charge in [0.2, 0.25) is 0 Å². The number of H-pyrrole nitrogens is 1. The molecule has 0 radical (unpaired) electrons. The summed E-state index contributed by atoms with van der Waals surface area (Å²) in [5, 5.41) is 11.2. The molecule has 0 aliphatic rings. The molecule has 7 heteroatoms. The minimum absolute atomic E-state index is 0.191. The van der Waals surface area contributed by atoms with Crippen molar-refractivity contribution in [2.75, 3.05) is 5.32 Å². The molecule has 118 valence electrons. The number of carbonyl (C=O) groups is 1. The van der Waals surface area contributed by atoms with E-state index in [9.17, 15) is 4.79 Å². The molecule has 0 bridgehead atoms. The molecule has 4 aromatic rings. The summed E-state index contributed by atoms with van der Waals surface area (Å²) in [6.45, 7) is 0. The van der Waals surface area contributed by atoms with Crippen molar-refractivity contribution in [3.05, 3.63) is 65.2 Å². The second-order valence-corrected chi connectivity index (χ2v) is 6.53. The van der Waals surface area contributed by atoms with Crippen molar-refractivity contribution < 1.29 is 4.79 Å². The van der Waals surface area contributed by atoms with E-state index >= 15 is 0 Å². The summed E-state index contributed by atoms with van der Waals surface area (Å²) >= 11 is 7.31. The molecule has 0 saturated carbocycles. The first-order chi connectivity index (χ1) is 11.7. The molecule has 0 unspecified atom stereocenters. The van der Waals surface area contributed by atoms with Crippen LogP contribution in [-0.2, 0) is 0 Å². The van der Waals surface area contributed by atoms with Crippen LogP contribution in [0, 0.1) is 0 Å². The third-order valence-corrected chi connectivity index (χ3v) is 4.73. The number of halogens is 1. The fourth-order valence-electron chi connectivity index (χ4n) is 2.33. The second-order valence-electron chi connectivity index (χ2n) is 5.10. The van der Waals surface area contributed by atoms with E-state index in [1.165, 1.54) is 11.3 Å². The Morgan fingerprint density at radius 3 is 2.58 bits per heavy atom. The van der Waals surface area contributed by atoms with Gasteiger partial charge in [-0.3, -0.25) is 15.2 Å². The van der Waals surface area contributed by atoms with Gasteiger partial charge in [-0.05, 0) is 24.3 Å². The summed E-state index contributed by atoms with van der Waals surface area (Å²) in [7, 11) is 0. The van der Waals surface area contributed by atoms with Crippen LogP contribution in [0.15, 0.2) is 54.6 Å². The first-order valence-corrected chi connectivity index (χ1v) is 8.37. The molecule has 5 nitrogen and oxygen atoms in total. The van der Waals surface area contributed by atoms with Crippen molar-refractivity contribution in [2.24, 2.45) is 0 Å². The van der Waals surface area contributed by atoms with E-state index in [1.807, 2.05) is 42.5 Å². The van der Waals surface area contributed by atoms with Crippen LogP contribution in [0.1, 0.15) is 10.4 Å². The highest BCUT2D eigenvalue weighted by Crippen LogP contribution is 2.33. The zero-order chi connectivity index (χ0) is 16.5. The molecule has 0 spiro atoms. The first-order valence-electron chi connectivity index (χ1n) is 7.18. The van der Waals surface area contributed by atoms with Gasteiger partial charge in [-0.2, -0.15) is 10.1 Å². The molecule has 4 rings (SSSR count). The van der Waals surface area contributed by atoms with Crippen LogP contribution in [0.2, 0.25) is 5.02 Å². The second kappa shape index (κ2) is 6.07. The van der Waals surface area contributed by atoms with E-state index in [4.69, 9.17) is 11.6 Å². The van der Waals surface area contributed by atoms with Crippen molar-refractivity contribution in [3.8, 4) is 11.3 Å². The summed E-state index contributed by atoms with van der Waals surface area (Å²) in [5.74, 6) is -0.191. The van der Waals surface area contributed by atoms with Gasteiger partial charge in [0, 0.05) is 16.1 Å². The Morgan fingerprint density at radius 2 is 1.83 bits per heavy atom. The van der Waals surface area contributed by atoms with Crippen LogP contribution in [0.3, 0.4) is 0 Å². The number of anilines is 1. The number of thiazole rings is 1. The number of benzene rings is 2. The number of aromatic nitrogens is 3. The predicted octanol–water partition coefficient (Wildman–Crippen LogP) is 4.59. The van der Waals surface area contributed by atoms with Crippen molar-refractivity contribution in [1.29, 1.82) is 0 Å². The molecule has 0 atom stereocenters. The van der Waals surface area contributed by atoms with E-state index in [-0.39, 0.29) is 5.91 Å². The molecule has 2 N–H and O–H groups in total. The molecule has 0 aliphatic carbocycles. The highest BCUT2D eigenvalue weighted by atomic mass is 35.5. The normalized spacial score (nSPS) is 10.9. The van der Waals surface area contributed by atoms with Crippen LogP contribution in [-0.4, -0.2) is 21.1 Å². The minimum Gasteiger partial charge on any atom is -0.298 e. The molecule has 1 amide bonds. The van der Waals surface area contributed by atoms with Crippen LogP contribution in [0.5, 0.6) is 0 Å². The number of rotatable bonds is 3. The Balaban J connectivity index is 1.65. The van der Waals surface area contributed by atoms with Gasteiger partial charge < -0.3 is 0 Å². The van der Waals surface area contributed by atoms with E-state index < -0.39 is 0 Å². The molecule has 0 aliphatic heterocycles. The molecule has 24 heavy (non-hydrogen) atoms. The van der Waals surface area contributed by atoms with Gasteiger partial charge in [-0.1, -0.05) is 53.3 Å². The minimum atomic E-state index is -0.191. The van der Waals surface area contributed by atoms with Crippen LogP contribution < -0.4 is 5.32 Å². The monoisotopic (exact) mass is 354 g/mol. The highest BCUT2D eigenvalue weighted by molar-refractivity contribution is 7.22. The van der Waals surface area contributed by atoms with Crippen LogP contribution in [0.25, 0.3) is 21.6 Å². The van der Waals surface area contributed by atoms with Crippen molar-refractivity contribution >= 4 is 44.3 Å². The SMILES string of the molecule is O=C(Nc1nc2n[nH]c(-c3ccc(Cl)cc3)c2s1)c1ccccc1. The summed E-state index contributed by atoms with van der Waals surface area (Å²) in [4.78, 5) is 16.6. The zero-order valence-electron chi connectivity index (χ0n) is 12.3. The Kier molecular flexibility index (Phi) is 3.76. The van der Waals surface area contributed by atoms with Crippen molar-refractivity contribution in [2.45, 2.75) is 0 Å². The largest absolute Gasteiger partial charge is 0.298 e. The molecule has 2 aromatic carbocycles. The Hall–Kier alpha value is -2.70. The maximum absolute atomic E-state index is 12.2. The highest BCUT2D eigenvalue weighted by Gasteiger charge is 2.15. The summed E-state index contributed by atoms with van der Waals surface area (Å²) < 4.78 is 0.890. The van der Waals surface area contributed by atoms with Crippen LogP contribution >= 0.6 is 22.9 Å². The Morgan fingerprint density at radius 1 is 1.08 bits per heavy atom. The Labute approximate surface area is 146 Å². The van der Waals surface area contributed by atoms with E-state index in [0.29, 0.717) is 21.4 Å². The third-order valence-electron chi connectivity index (χ3n) is 3.50. The van der Waals surface area contributed by atoms with Gasteiger partial charge in [0.15, 0.2) is 10.8 Å². The molecule has 2 heterocycles. The quantitative estimate of drug-likeness (QED) is 0.565. The summed E-state index contributed by atoms with van der Waals surface area (Å²) in [5.41, 5.74) is 2.99. The molecule has 0 fully saturated rings. The van der Waals surface area contributed by atoms with Crippen molar-refractivity contribution in [1.82, 2.24) is 15.2 Å². The summed E-state index contributed by atoms with van der Waals surface area (Å²) in [6, 6.07) is 16.5. The molecule has 0 saturated heterocycles. The van der Waals surface area contributed by atoms with Crippen LogP contribution in [0.4, 0.5) is 5.13 Å².